The molecule has 100 valence electrons. The van der Waals surface area contributed by atoms with Gasteiger partial charge in [-0.15, -0.1) is 0 Å². The molecule has 0 bridgehead atoms. The average molecular weight is 243 g/mol. The SMILES string of the molecule is COC(=O)C(CO)C1CCN(CC(C)C)CC1. The van der Waals surface area contributed by atoms with Crippen LogP contribution in [0.2, 0.25) is 0 Å². The molecule has 17 heavy (non-hydrogen) atoms. The molecule has 1 heterocycles. The van der Waals surface area contributed by atoms with Crippen molar-refractivity contribution in [3.63, 3.8) is 0 Å². The van der Waals surface area contributed by atoms with Crippen molar-refractivity contribution in [3.8, 4) is 0 Å². The normalized spacial score (nSPS) is 20.5. The van der Waals surface area contributed by atoms with Crippen molar-refractivity contribution in [1.29, 1.82) is 0 Å². The zero-order valence-electron chi connectivity index (χ0n) is 11.2. The predicted molar refractivity (Wildman–Crippen MR) is 66.6 cm³/mol. The fourth-order valence-corrected chi connectivity index (χ4v) is 2.62. The number of carbonyl (C=O) groups is 1. The number of hydrogen-bond donors (Lipinski definition) is 1. The lowest BCUT2D eigenvalue weighted by molar-refractivity contribution is -0.149. The molecular weight excluding hydrogens is 218 g/mol. The maximum atomic E-state index is 11.5. The smallest absolute Gasteiger partial charge is 0.311 e. The minimum atomic E-state index is -0.332. The molecule has 0 aliphatic carbocycles. The first-order chi connectivity index (χ1) is 8.08. The summed E-state index contributed by atoms with van der Waals surface area (Å²) in [5, 5.41) is 9.28. The highest BCUT2D eigenvalue weighted by atomic mass is 16.5. The van der Waals surface area contributed by atoms with Gasteiger partial charge in [-0.25, -0.2) is 0 Å². The number of likely N-dealkylation sites (tertiary alicyclic amines) is 1. The van der Waals surface area contributed by atoms with Gasteiger partial charge in [0.15, 0.2) is 0 Å². The van der Waals surface area contributed by atoms with Gasteiger partial charge in [0, 0.05) is 6.54 Å². The van der Waals surface area contributed by atoms with Crippen LogP contribution in [0.25, 0.3) is 0 Å². The third-order valence-corrected chi connectivity index (χ3v) is 3.53. The van der Waals surface area contributed by atoms with E-state index in [1.165, 1.54) is 7.11 Å². The first kappa shape index (κ1) is 14.5. The van der Waals surface area contributed by atoms with Crippen molar-refractivity contribution >= 4 is 5.97 Å². The summed E-state index contributed by atoms with van der Waals surface area (Å²) in [6.45, 7) is 7.51. The zero-order valence-corrected chi connectivity index (χ0v) is 11.2. The van der Waals surface area contributed by atoms with Gasteiger partial charge in [0.05, 0.1) is 19.6 Å². The lowest BCUT2D eigenvalue weighted by atomic mass is 9.84. The van der Waals surface area contributed by atoms with Crippen molar-refractivity contribution in [2.24, 2.45) is 17.8 Å². The van der Waals surface area contributed by atoms with E-state index < -0.39 is 0 Å². The monoisotopic (exact) mass is 243 g/mol. The van der Waals surface area contributed by atoms with Crippen LogP contribution < -0.4 is 0 Å². The second-order valence-corrected chi connectivity index (χ2v) is 5.34. The molecule has 1 saturated heterocycles. The van der Waals surface area contributed by atoms with Crippen LogP contribution >= 0.6 is 0 Å². The van der Waals surface area contributed by atoms with Gasteiger partial charge in [0.2, 0.25) is 0 Å². The average Bonchev–Trinajstić information content (AvgIpc) is 2.31. The maximum absolute atomic E-state index is 11.5. The molecular formula is C13H25NO3. The number of rotatable bonds is 5. The van der Waals surface area contributed by atoms with E-state index in [0.29, 0.717) is 5.92 Å². The maximum Gasteiger partial charge on any atom is 0.311 e. The van der Waals surface area contributed by atoms with E-state index in [2.05, 4.69) is 18.7 Å². The Bertz CT molecular complexity index is 235. The van der Waals surface area contributed by atoms with Gasteiger partial charge < -0.3 is 14.7 Å². The summed E-state index contributed by atoms with van der Waals surface area (Å²) in [4.78, 5) is 13.9. The van der Waals surface area contributed by atoms with Gasteiger partial charge in [-0.3, -0.25) is 4.79 Å². The third-order valence-electron chi connectivity index (χ3n) is 3.53. The first-order valence-corrected chi connectivity index (χ1v) is 6.49. The molecule has 0 radical (unpaired) electrons. The lowest BCUT2D eigenvalue weighted by Gasteiger charge is -2.35. The van der Waals surface area contributed by atoms with Gasteiger partial charge in [-0.1, -0.05) is 13.8 Å². The number of hydrogen-bond acceptors (Lipinski definition) is 4. The summed E-state index contributed by atoms with van der Waals surface area (Å²) in [6, 6.07) is 0. The second kappa shape index (κ2) is 6.97. The number of aliphatic hydroxyl groups excluding tert-OH is 1. The Morgan fingerprint density at radius 2 is 2.00 bits per heavy atom. The summed E-state index contributed by atoms with van der Waals surface area (Å²) < 4.78 is 4.74. The molecule has 0 spiro atoms. The molecule has 1 fully saturated rings. The van der Waals surface area contributed by atoms with Crippen LogP contribution in [0.1, 0.15) is 26.7 Å². The molecule has 1 atom stereocenters. The van der Waals surface area contributed by atoms with E-state index in [9.17, 15) is 9.90 Å². The Morgan fingerprint density at radius 1 is 1.41 bits per heavy atom. The Hall–Kier alpha value is -0.610. The van der Waals surface area contributed by atoms with Crippen LogP contribution in [0, 0.1) is 17.8 Å². The second-order valence-electron chi connectivity index (χ2n) is 5.34. The van der Waals surface area contributed by atoms with Crippen molar-refractivity contribution in [2.75, 3.05) is 33.4 Å². The molecule has 1 N–H and O–H groups in total. The molecule has 4 heteroatoms. The number of aliphatic hydroxyl groups is 1. The minimum Gasteiger partial charge on any atom is -0.469 e. The molecule has 1 aliphatic heterocycles. The van der Waals surface area contributed by atoms with E-state index in [0.717, 1.165) is 32.5 Å². The van der Waals surface area contributed by atoms with Crippen molar-refractivity contribution < 1.29 is 14.6 Å². The van der Waals surface area contributed by atoms with E-state index >= 15 is 0 Å². The number of ether oxygens (including phenoxy) is 1. The van der Waals surface area contributed by atoms with Crippen molar-refractivity contribution in [1.82, 2.24) is 4.90 Å². The van der Waals surface area contributed by atoms with Gasteiger partial charge in [-0.2, -0.15) is 0 Å². The molecule has 0 aromatic carbocycles. The van der Waals surface area contributed by atoms with E-state index in [1.807, 2.05) is 0 Å². The summed E-state index contributed by atoms with van der Waals surface area (Å²) >= 11 is 0. The lowest BCUT2D eigenvalue weighted by Crippen LogP contribution is -2.40. The fourth-order valence-electron chi connectivity index (χ4n) is 2.62. The summed E-state index contributed by atoms with van der Waals surface area (Å²) in [5.41, 5.74) is 0. The molecule has 0 aromatic heterocycles. The van der Waals surface area contributed by atoms with Gasteiger partial charge in [0.1, 0.15) is 0 Å². The number of carbonyl (C=O) groups excluding carboxylic acids is 1. The predicted octanol–water partition coefficient (Wildman–Crippen LogP) is 1.14. The zero-order chi connectivity index (χ0) is 12.8. The van der Waals surface area contributed by atoms with E-state index in [4.69, 9.17) is 4.74 Å². The number of esters is 1. The van der Waals surface area contributed by atoms with E-state index in [1.54, 1.807) is 0 Å². The van der Waals surface area contributed by atoms with E-state index in [-0.39, 0.29) is 24.4 Å². The number of nitrogens with zero attached hydrogens (tertiary/aromatic N) is 1. The van der Waals surface area contributed by atoms with Gasteiger partial charge in [0.25, 0.3) is 0 Å². The molecule has 1 unspecified atom stereocenters. The van der Waals surface area contributed by atoms with Gasteiger partial charge in [-0.05, 0) is 37.8 Å². The highest BCUT2D eigenvalue weighted by molar-refractivity contribution is 5.72. The van der Waals surface area contributed by atoms with Crippen LogP contribution in [-0.4, -0.2) is 49.3 Å². The molecule has 4 nitrogen and oxygen atoms in total. The standard InChI is InChI=1S/C13H25NO3/c1-10(2)8-14-6-4-11(5-7-14)12(9-15)13(16)17-3/h10-12,15H,4-9H2,1-3H3. The number of piperidine rings is 1. The third kappa shape index (κ3) is 4.28. The van der Waals surface area contributed by atoms with Crippen molar-refractivity contribution in [2.45, 2.75) is 26.7 Å². The Balaban J connectivity index is 2.42. The molecule has 0 amide bonds. The van der Waals surface area contributed by atoms with Crippen LogP contribution in [0.3, 0.4) is 0 Å². The van der Waals surface area contributed by atoms with Crippen molar-refractivity contribution in [3.05, 3.63) is 0 Å². The molecule has 0 aromatic rings. The molecule has 1 aliphatic rings. The summed E-state index contributed by atoms with van der Waals surface area (Å²) in [7, 11) is 1.39. The highest BCUT2D eigenvalue weighted by Gasteiger charge is 2.31. The molecule has 0 saturated carbocycles. The fraction of sp³-hybridized carbons (Fsp3) is 0.923. The quantitative estimate of drug-likeness (QED) is 0.736. The highest BCUT2D eigenvalue weighted by Crippen LogP contribution is 2.26. The summed E-state index contributed by atoms with van der Waals surface area (Å²) in [6.07, 6.45) is 1.96. The molecule has 1 rings (SSSR count). The number of methoxy groups -OCH3 is 1. The first-order valence-electron chi connectivity index (χ1n) is 6.49. The minimum absolute atomic E-state index is 0.0957. The van der Waals surface area contributed by atoms with Crippen LogP contribution in [0.4, 0.5) is 0 Å². The Labute approximate surface area is 104 Å². The van der Waals surface area contributed by atoms with Gasteiger partial charge >= 0.3 is 5.97 Å². The topological polar surface area (TPSA) is 49.8 Å². The summed E-state index contributed by atoms with van der Waals surface area (Å²) in [5.74, 6) is 0.354. The Morgan fingerprint density at radius 3 is 2.41 bits per heavy atom. The van der Waals surface area contributed by atoms with Crippen LogP contribution in [-0.2, 0) is 9.53 Å². The Kier molecular flexibility index (Phi) is 5.92. The van der Waals surface area contributed by atoms with Crippen LogP contribution in [0.5, 0.6) is 0 Å². The largest absolute Gasteiger partial charge is 0.469 e. The van der Waals surface area contributed by atoms with Crippen LogP contribution in [0.15, 0.2) is 0 Å².